The highest BCUT2D eigenvalue weighted by Crippen LogP contribution is 2.55. The summed E-state index contributed by atoms with van der Waals surface area (Å²) in [4.78, 5) is 36.0. The molecule has 0 N–H and O–H groups in total. The first-order valence-electron chi connectivity index (χ1n) is 49.5. The number of hydrogen-bond donors (Lipinski definition) is 0. The van der Waals surface area contributed by atoms with Gasteiger partial charge in [-0.2, -0.15) is 0 Å². The van der Waals surface area contributed by atoms with Crippen molar-refractivity contribution >= 4 is 150 Å². The van der Waals surface area contributed by atoms with Crippen LogP contribution in [0, 0.1) is 0 Å². The molecule has 0 amide bonds. The van der Waals surface area contributed by atoms with E-state index in [1.807, 2.05) is 89.4 Å². The van der Waals surface area contributed by atoms with Crippen LogP contribution < -0.4 is 0 Å². The van der Waals surface area contributed by atoms with Gasteiger partial charge in [0.05, 0.1) is 33.6 Å². The molecule has 686 valence electrons. The molecule has 0 saturated heterocycles. The molecular weight excluding hydrogens is 1820 g/mol. The lowest BCUT2D eigenvalue weighted by Crippen LogP contribution is -2.00. The van der Waals surface area contributed by atoms with Gasteiger partial charge in [-0.25, -0.2) is 34.9 Å². The van der Waals surface area contributed by atoms with Crippen molar-refractivity contribution in [3.05, 3.63) is 516 Å². The van der Waals surface area contributed by atoms with Crippen molar-refractivity contribution in [3.63, 3.8) is 0 Å². The first-order chi connectivity index (χ1) is 72.9. The Hall–Kier alpha value is -19.0. The summed E-state index contributed by atoms with van der Waals surface area (Å²) < 4.78 is 11.9. The maximum Gasteiger partial charge on any atom is 0.164 e. The molecule has 8 nitrogen and oxygen atoms in total. The van der Waals surface area contributed by atoms with Gasteiger partial charge in [-0.1, -0.05) is 461 Å². The van der Waals surface area contributed by atoms with Crippen molar-refractivity contribution in [2.45, 2.75) is 0 Å². The van der Waals surface area contributed by atoms with Crippen molar-refractivity contribution in [3.8, 4) is 157 Å². The molecule has 6 heterocycles. The van der Waals surface area contributed by atoms with Crippen molar-refractivity contribution < 1.29 is 4.42 Å². The highest BCUT2D eigenvalue weighted by molar-refractivity contribution is 7.27. The van der Waals surface area contributed by atoms with Gasteiger partial charge in [0, 0.05) is 118 Å². The number of benzene rings is 23. The topological polar surface area (TPSA) is 103 Å². The third-order valence-corrected chi connectivity index (χ3v) is 30.6. The van der Waals surface area contributed by atoms with Crippen LogP contribution in [0.4, 0.5) is 0 Å². The predicted molar refractivity (Wildman–Crippen MR) is 618 cm³/mol. The van der Waals surface area contributed by atoms with Crippen LogP contribution in [0.15, 0.2) is 520 Å². The summed E-state index contributed by atoms with van der Waals surface area (Å²) in [5.41, 5.74) is 30.9. The summed E-state index contributed by atoms with van der Waals surface area (Å²) in [6.07, 6.45) is 0. The van der Waals surface area contributed by atoms with Gasteiger partial charge >= 0.3 is 0 Å². The molecule has 0 aliphatic rings. The Morgan fingerprint density at radius 3 is 0.946 bits per heavy atom. The van der Waals surface area contributed by atoms with Crippen LogP contribution in [-0.4, -0.2) is 34.9 Å². The van der Waals surface area contributed by atoms with Gasteiger partial charge in [-0.05, 0) is 153 Å². The van der Waals surface area contributed by atoms with E-state index < -0.39 is 0 Å². The summed E-state index contributed by atoms with van der Waals surface area (Å²) in [6, 6.07) is 182. The second-order valence-corrected chi connectivity index (χ2v) is 39.1. The molecule has 23 aromatic carbocycles. The number of fused-ring (bicyclic) bond motifs is 15. The van der Waals surface area contributed by atoms with E-state index in [0.717, 1.165) is 150 Å². The lowest BCUT2D eigenvalue weighted by molar-refractivity contribution is 0.670. The zero-order valence-corrected chi connectivity index (χ0v) is 81.1. The number of thiophene rings is 2. The summed E-state index contributed by atoms with van der Waals surface area (Å²) in [5, 5.41) is 18.0. The van der Waals surface area contributed by atoms with Crippen LogP contribution in [0.5, 0.6) is 0 Å². The van der Waals surface area contributed by atoms with E-state index in [-0.39, 0.29) is 0 Å². The Morgan fingerprint density at radius 2 is 0.463 bits per heavy atom. The van der Waals surface area contributed by atoms with Crippen LogP contribution in [0.3, 0.4) is 0 Å². The minimum Gasteiger partial charge on any atom is -0.455 e. The van der Waals surface area contributed by atoms with E-state index in [2.05, 4.69) is 449 Å². The van der Waals surface area contributed by atoms with E-state index in [1.54, 1.807) is 0 Å². The number of nitrogens with zero attached hydrogens (tertiary/aromatic N) is 7. The Labute approximate surface area is 855 Å². The second-order valence-electron chi connectivity index (χ2n) is 37.0. The fourth-order valence-electron chi connectivity index (χ4n) is 21.5. The van der Waals surface area contributed by atoms with Crippen LogP contribution in [0.1, 0.15) is 0 Å². The molecule has 10 heteroatoms. The van der Waals surface area contributed by atoms with Crippen molar-refractivity contribution in [1.29, 1.82) is 0 Å². The molecule has 0 spiro atoms. The normalized spacial score (nSPS) is 11.5. The largest absolute Gasteiger partial charge is 0.455 e. The van der Waals surface area contributed by atoms with Gasteiger partial charge in [-0.15, -0.1) is 22.7 Å². The van der Waals surface area contributed by atoms with E-state index in [0.29, 0.717) is 17.5 Å². The highest BCUT2D eigenvalue weighted by Gasteiger charge is 2.28. The number of furan rings is 1. The molecule has 147 heavy (non-hydrogen) atoms. The molecule has 0 fully saturated rings. The Morgan fingerprint density at radius 1 is 0.156 bits per heavy atom. The van der Waals surface area contributed by atoms with Gasteiger partial charge < -0.3 is 4.42 Å². The van der Waals surface area contributed by atoms with Crippen LogP contribution in [0.25, 0.3) is 285 Å². The molecule has 29 rings (SSSR count). The number of aromatic nitrogens is 7. The second kappa shape index (κ2) is 37.5. The zero-order valence-electron chi connectivity index (χ0n) is 79.4. The lowest BCUT2D eigenvalue weighted by Gasteiger charge is -2.16. The molecule has 0 bridgehead atoms. The molecule has 0 atom stereocenters. The molecular formula is C137H85N7OS2. The number of para-hydroxylation sites is 1. The molecule has 6 aromatic heterocycles. The first-order valence-corrected chi connectivity index (χ1v) is 51.2. The fraction of sp³-hybridized carbons (Fsp3) is 0. The Bertz CT molecular complexity index is 10100. The maximum atomic E-state index is 6.73. The minimum absolute atomic E-state index is 0.639. The Kier molecular flexibility index (Phi) is 22.2. The van der Waals surface area contributed by atoms with Crippen molar-refractivity contribution in [1.82, 2.24) is 34.9 Å². The number of rotatable bonds is 14. The highest BCUT2D eigenvalue weighted by atomic mass is 32.1. The van der Waals surface area contributed by atoms with Gasteiger partial charge in [-0.3, -0.25) is 0 Å². The molecule has 0 saturated carbocycles. The molecule has 0 unspecified atom stereocenters. The summed E-state index contributed by atoms with van der Waals surface area (Å²) in [6.45, 7) is 0. The van der Waals surface area contributed by atoms with E-state index in [1.165, 1.54) is 117 Å². The SMILES string of the molecule is c1ccc(-c2ccc3cc(-c4nc(-c5ccccc5)nc(-c5ccc(-c6c7ccccc7c(-c7ccccc7)c7sc8ccccc8c67)cc5)n4)ccc3c2)cc1.c1ccc(-c2nc(-c3ccccc3)c3cc(-c4c5ccccc5c(-c5ccccc5)c5oc6ccccc6c45)ccc3n2)cc1.c1ccc(-c2nc3ccc(-c4c5ccccc5c(-c5ccccc5)c5sc6ccccc6c45)cc3nc2-c2ccccc2)cc1. The van der Waals surface area contributed by atoms with Crippen LogP contribution in [-0.2, 0) is 0 Å². The molecule has 0 aliphatic carbocycles. The smallest absolute Gasteiger partial charge is 0.164 e. The van der Waals surface area contributed by atoms with Gasteiger partial charge in [0.2, 0.25) is 0 Å². The first kappa shape index (κ1) is 87.1. The minimum atomic E-state index is 0.639. The van der Waals surface area contributed by atoms with E-state index in [4.69, 9.17) is 39.3 Å². The van der Waals surface area contributed by atoms with Crippen molar-refractivity contribution in [2.24, 2.45) is 0 Å². The quantitative estimate of drug-likeness (QED) is 0.106. The van der Waals surface area contributed by atoms with Crippen LogP contribution >= 0.6 is 22.7 Å². The van der Waals surface area contributed by atoms with Crippen molar-refractivity contribution in [2.75, 3.05) is 0 Å². The van der Waals surface area contributed by atoms with Crippen LogP contribution in [0.2, 0.25) is 0 Å². The van der Waals surface area contributed by atoms with E-state index >= 15 is 0 Å². The Balaban J connectivity index is 0.000000110. The zero-order chi connectivity index (χ0) is 97.2. The van der Waals surface area contributed by atoms with Gasteiger partial charge in [0.25, 0.3) is 0 Å². The predicted octanol–water partition coefficient (Wildman–Crippen LogP) is 37.7. The summed E-state index contributed by atoms with van der Waals surface area (Å²) in [7, 11) is 0. The lowest BCUT2D eigenvalue weighted by atomic mass is 9.87. The molecule has 29 aromatic rings. The molecule has 0 aliphatic heterocycles. The average molecular weight is 1910 g/mol. The standard InChI is InChI=1S/C53H33N3S.C42H26N2O.C42H26N2S/c1-4-14-34(15-5-1)39-28-29-41-33-42(31-30-40(41)32-39)53-55-51(37-18-8-3-9-19-37)54-52(56-53)38-26-24-36(25-27-38)47-43-20-10-11-21-44(43)48(35-16-6-2-7-17-35)50-49(47)45-22-12-13-23-46(45)57-50;1-4-14-27(15-5-1)38-32-21-11-10-20-31(32)37(39-33-22-12-13-23-36(33)45-41(38)39)30-24-25-35-34(26-30)40(28-16-6-2-7-17-28)44-42(43-35)29-18-8-3-9-19-29;1-4-14-27(15-5-1)38-32-21-11-10-20-31(32)37(39-33-22-12-13-23-36(33)45-42(38)39)30-24-25-34-35(26-30)44-41(29-18-8-3-9-19-29)40(43-34)28-16-6-2-7-17-28/h1-33H;2*1-26H. The maximum absolute atomic E-state index is 6.73. The monoisotopic (exact) mass is 1910 g/mol. The van der Waals surface area contributed by atoms with E-state index in [9.17, 15) is 0 Å². The third kappa shape index (κ3) is 15.9. The van der Waals surface area contributed by atoms with Gasteiger partial charge in [0.15, 0.2) is 23.3 Å². The third-order valence-electron chi connectivity index (χ3n) is 28.2. The van der Waals surface area contributed by atoms with Gasteiger partial charge in [0.1, 0.15) is 11.2 Å². The summed E-state index contributed by atoms with van der Waals surface area (Å²) >= 11 is 3.76. The molecule has 0 radical (unpaired) electrons. The number of hydrogen-bond acceptors (Lipinski definition) is 10. The fourth-order valence-corrected chi connectivity index (χ4v) is 24.0. The summed E-state index contributed by atoms with van der Waals surface area (Å²) in [5.74, 6) is 2.65. The average Bonchev–Trinajstić information content (AvgIpc) is 1.59.